The van der Waals surface area contributed by atoms with Crippen LogP contribution in [-0.2, 0) is 10.0 Å². The van der Waals surface area contributed by atoms with Crippen molar-refractivity contribution in [3.63, 3.8) is 0 Å². The van der Waals surface area contributed by atoms with Crippen molar-refractivity contribution in [2.75, 3.05) is 5.88 Å². The summed E-state index contributed by atoms with van der Waals surface area (Å²) in [6, 6.07) is 3.47. The van der Waals surface area contributed by atoms with Crippen molar-refractivity contribution in [2.45, 2.75) is 24.3 Å². The second-order valence-corrected chi connectivity index (χ2v) is 6.55. The van der Waals surface area contributed by atoms with Crippen LogP contribution in [-0.4, -0.2) is 20.3 Å². The zero-order valence-electron chi connectivity index (χ0n) is 9.08. The molecule has 0 spiro atoms. The Morgan fingerprint density at radius 2 is 2.18 bits per heavy atom. The first kappa shape index (κ1) is 14.9. The number of rotatable bonds is 5. The highest BCUT2D eigenvalue weighted by Crippen LogP contribution is 2.19. The molecule has 0 heterocycles. The summed E-state index contributed by atoms with van der Waals surface area (Å²) in [6.45, 7) is 1.68. The molecule has 1 aromatic rings. The molecule has 1 rings (SSSR count). The second-order valence-electron chi connectivity index (χ2n) is 3.57. The number of nitrogens with one attached hydrogen (secondary N) is 1. The van der Waals surface area contributed by atoms with E-state index < -0.39 is 15.8 Å². The summed E-state index contributed by atoms with van der Waals surface area (Å²) in [5.74, 6) is -0.447. The fourth-order valence-corrected chi connectivity index (χ4v) is 3.24. The molecule has 1 N–H and O–H groups in total. The summed E-state index contributed by atoms with van der Waals surface area (Å²) in [5.41, 5.74) is 0. The molecule has 0 fully saturated rings. The number of hydrogen-bond donors (Lipinski definition) is 1. The van der Waals surface area contributed by atoms with Gasteiger partial charge < -0.3 is 0 Å². The van der Waals surface area contributed by atoms with E-state index in [1.807, 2.05) is 0 Å². The minimum Gasteiger partial charge on any atom is -0.208 e. The average Bonchev–Trinajstić information content (AvgIpc) is 2.15. The second kappa shape index (κ2) is 6.13. The Labute approximate surface area is 114 Å². The topological polar surface area (TPSA) is 46.2 Å². The number of benzene rings is 1. The molecule has 0 saturated carbocycles. The highest BCUT2D eigenvalue weighted by atomic mass is 79.9. The van der Waals surface area contributed by atoms with Crippen LogP contribution in [0, 0.1) is 5.82 Å². The monoisotopic (exact) mass is 343 g/mol. The quantitative estimate of drug-likeness (QED) is 0.835. The molecule has 0 bridgehead atoms. The van der Waals surface area contributed by atoms with Crippen molar-refractivity contribution < 1.29 is 12.8 Å². The van der Waals surface area contributed by atoms with Crippen molar-refractivity contribution >= 4 is 37.6 Å². The van der Waals surface area contributed by atoms with E-state index in [0.29, 0.717) is 16.8 Å². The standard InChI is InChI=1S/C10H12BrClFNO2S/c1-7(4-5-12)14-17(15,16)10-3-2-8(11)6-9(10)13/h2-3,6-7,14H,4-5H2,1H3. The Balaban J connectivity index is 2.97. The van der Waals surface area contributed by atoms with Crippen LogP contribution >= 0.6 is 27.5 Å². The maximum absolute atomic E-state index is 13.5. The summed E-state index contributed by atoms with van der Waals surface area (Å²) >= 11 is 8.57. The minimum absolute atomic E-state index is 0.333. The Morgan fingerprint density at radius 1 is 1.53 bits per heavy atom. The predicted molar refractivity (Wildman–Crippen MR) is 69.2 cm³/mol. The van der Waals surface area contributed by atoms with Crippen LogP contribution in [0.2, 0.25) is 0 Å². The Hall–Kier alpha value is -0.170. The molecule has 3 nitrogen and oxygen atoms in total. The maximum Gasteiger partial charge on any atom is 0.243 e. The van der Waals surface area contributed by atoms with Crippen LogP contribution in [0.4, 0.5) is 4.39 Å². The van der Waals surface area contributed by atoms with Gasteiger partial charge in [0, 0.05) is 16.4 Å². The van der Waals surface area contributed by atoms with Gasteiger partial charge in [0.2, 0.25) is 10.0 Å². The van der Waals surface area contributed by atoms with Crippen LogP contribution in [0.5, 0.6) is 0 Å². The molecule has 1 atom stereocenters. The van der Waals surface area contributed by atoms with Crippen molar-refractivity contribution in [3.05, 3.63) is 28.5 Å². The summed E-state index contributed by atoms with van der Waals surface area (Å²) in [7, 11) is -3.83. The molecule has 0 radical (unpaired) electrons. The van der Waals surface area contributed by atoms with E-state index in [9.17, 15) is 12.8 Å². The zero-order chi connectivity index (χ0) is 13.1. The lowest BCUT2D eigenvalue weighted by molar-refractivity contribution is 0.540. The minimum atomic E-state index is -3.83. The van der Waals surface area contributed by atoms with E-state index in [-0.39, 0.29) is 10.9 Å². The third-order valence-electron chi connectivity index (χ3n) is 2.08. The first-order chi connectivity index (χ1) is 7.86. The molecule has 0 aliphatic rings. The molecule has 7 heteroatoms. The Bertz CT molecular complexity index is 495. The van der Waals surface area contributed by atoms with Crippen LogP contribution in [0.1, 0.15) is 13.3 Å². The lowest BCUT2D eigenvalue weighted by Gasteiger charge is -2.13. The first-order valence-corrected chi connectivity index (χ1v) is 7.71. The van der Waals surface area contributed by atoms with Gasteiger partial charge in [0.25, 0.3) is 0 Å². The average molecular weight is 345 g/mol. The van der Waals surface area contributed by atoms with Gasteiger partial charge in [-0.2, -0.15) is 0 Å². The van der Waals surface area contributed by atoms with Gasteiger partial charge in [0.05, 0.1) is 0 Å². The molecule has 0 aliphatic heterocycles. The molecule has 17 heavy (non-hydrogen) atoms. The fourth-order valence-electron chi connectivity index (χ4n) is 1.24. The van der Waals surface area contributed by atoms with E-state index in [2.05, 4.69) is 20.7 Å². The van der Waals surface area contributed by atoms with Gasteiger partial charge in [-0.3, -0.25) is 0 Å². The third-order valence-corrected chi connectivity index (χ3v) is 4.42. The summed E-state index contributed by atoms with van der Waals surface area (Å²) in [4.78, 5) is -0.359. The molecular formula is C10H12BrClFNO2S. The van der Waals surface area contributed by atoms with Gasteiger partial charge >= 0.3 is 0 Å². The smallest absolute Gasteiger partial charge is 0.208 e. The highest BCUT2D eigenvalue weighted by molar-refractivity contribution is 9.10. The highest BCUT2D eigenvalue weighted by Gasteiger charge is 2.21. The first-order valence-electron chi connectivity index (χ1n) is 4.90. The zero-order valence-corrected chi connectivity index (χ0v) is 12.2. The van der Waals surface area contributed by atoms with Crippen molar-refractivity contribution in [1.29, 1.82) is 0 Å². The summed E-state index contributed by atoms with van der Waals surface area (Å²) in [6.07, 6.45) is 0.485. The van der Waals surface area contributed by atoms with Gasteiger partial charge in [-0.05, 0) is 31.5 Å². The van der Waals surface area contributed by atoms with E-state index in [0.717, 1.165) is 6.07 Å². The normalized spacial score (nSPS) is 13.6. The SMILES string of the molecule is CC(CCCl)NS(=O)(=O)c1ccc(Br)cc1F. The maximum atomic E-state index is 13.5. The molecule has 0 amide bonds. The van der Waals surface area contributed by atoms with Crippen molar-refractivity contribution in [3.8, 4) is 0 Å². The lowest BCUT2D eigenvalue weighted by atomic mass is 10.3. The molecule has 96 valence electrons. The van der Waals surface area contributed by atoms with E-state index in [4.69, 9.17) is 11.6 Å². The van der Waals surface area contributed by atoms with Crippen LogP contribution < -0.4 is 4.72 Å². The lowest BCUT2D eigenvalue weighted by Crippen LogP contribution is -2.33. The molecule has 1 aromatic carbocycles. The van der Waals surface area contributed by atoms with Crippen molar-refractivity contribution in [1.82, 2.24) is 4.72 Å². The fraction of sp³-hybridized carbons (Fsp3) is 0.400. The van der Waals surface area contributed by atoms with E-state index in [1.165, 1.54) is 12.1 Å². The molecular weight excluding hydrogens is 333 g/mol. The largest absolute Gasteiger partial charge is 0.243 e. The summed E-state index contributed by atoms with van der Waals surface area (Å²) in [5, 5.41) is 0. The molecule has 1 unspecified atom stereocenters. The van der Waals surface area contributed by atoms with Crippen LogP contribution in [0.25, 0.3) is 0 Å². The number of sulfonamides is 1. The van der Waals surface area contributed by atoms with Gasteiger partial charge in [0.1, 0.15) is 10.7 Å². The predicted octanol–water partition coefficient (Wildman–Crippen LogP) is 2.88. The Kier molecular flexibility index (Phi) is 5.37. The number of hydrogen-bond acceptors (Lipinski definition) is 2. The van der Waals surface area contributed by atoms with Crippen LogP contribution in [0.3, 0.4) is 0 Å². The number of alkyl halides is 1. The molecule has 0 saturated heterocycles. The molecule has 0 aromatic heterocycles. The van der Waals surface area contributed by atoms with Gasteiger partial charge in [-0.15, -0.1) is 11.6 Å². The van der Waals surface area contributed by atoms with Crippen molar-refractivity contribution in [2.24, 2.45) is 0 Å². The third kappa shape index (κ3) is 4.21. The molecule has 0 aliphatic carbocycles. The summed E-state index contributed by atoms with van der Waals surface area (Å²) < 4.78 is 40.0. The van der Waals surface area contributed by atoms with Gasteiger partial charge in [-0.1, -0.05) is 15.9 Å². The van der Waals surface area contributed by atoms with Crippen LogP contribution in [0.15, 0.2) is 27.6 Å². The van der Waals surface area contributed by atoms with Gasteiger partial charge in [0.15, 0.2) is 0 Å². The van der Waals surface area contributed by atoms with E-state index in [1.54, 1.807) is 6.92 Å². The Morgan fingerprint density at radius 3 is 2.71 bits per heavy atom. The van der Waals surface area contributed by atoms with E-state index >= 15 is 0 Å². The number of halogens is 3. The van der Waals surface area contributed by atoms with Gasteiger partial charge in [-0.25, -0.2) is 17.5 Å².